The lowest BCUT2D eigenvalue weighted by Gasteiger charge is -2.23. The zero-order chi connectivity index (χ0) is 15.2. The Morgan fingerprint density at radius 1 is 1.19 bits per heavy atom. The van der Waals surface area contributed by atoms with E-state index < -0.39 is 0 Å². The lowest BCUT2D eigenvalue weighted by molar-refractivity contribution is 0.628. The van der Waals surface area contributed by atoms with E-state index in [2.05, 4.69) is 40.3 Å². The molecule has 0 unspecified atom stereocenters. The summed E-state index contributed by atoms with van der Waals surface area (Å²) in [6.45, 7) is 3.93. The second kappa shape index (κ2) is 7.57. The van der Waals surface area contributed by atoms with Crippen LogP contribution >= 0.6 is 15.9 Å². The van der Waals surface area contributed by atoms with Crippen LogP contribution in [0, 0.1) is 5.82 Å². The molecule has 2 aromatic rings. The molecule has 4 heteroatoms. The zero-order valence-corrected chi connectivity index (χ0v) is 14.0. The molecule has 0 spiro atoms. The molecule has 0 saturated carbocycles. The third-order valence-corrected chi connectivity index (χ3v) is 3.84. The minimum Gasteiger partial charge on any atom is -0.344 e. The van der Waals surface area contributed by atoms with Gasteiger partial charge in [-0.05, 0) is 48.9 Å². The van der Waals surface area contributed by atoms with Crippen LogP contribution < -0.4 is 10.2 Å². The summed E-state index contributed by atoms with van der Waals surface area (Å²) in [5, 5.41) is 3.41. The summed E-state index contributed by atoms with van der Waals surface area (Å²) in [6, 6.07) is 12.8. The molecular weight excluding hydrogens is 331 g/mol. The molecule has 0 aromatic heterocycles. The van der Waals surface area contributed by atoms with Crippen molar-refractivity contribution in [2.24, 2.45) is 0 Å². The van der Waals surface area contributed by atoms with E-state index in [0.717, 1.165) is 35.4 Å². The van der Waals surface area contributed by atoms with Crippen molar-refractivity contribution in [1.82, 2.24) is 5.32 Å². The summed E-state index contributed by atoms with van der Waals surface area (Å²) in [5.41, 5.74) is 3.10. The minimum atomic E-state index is -0.222. The molecule has 112 valence electrons. The SMILES string of the molecule is CCCNCc1ccc(Br)cc1N(C)c1cccc(F)c1. The molecule has 2 rings (SSSR count). The van der Waals surface area contributed by atoms with E-state index in [1.807, 2.05) is 24.1 Å². The lowest BCUT2D eigenvalue weighted by atomic mass is 10.1. The highest BCUT2D eigenvalue weighted by atomic mass is 79.9. The van der Waals surface area contributed by atoms with Gasteiger partial charge in [-0.1, -0.05) is 35.0 Å². The molecule has 1 N–H and O–H groups in total. The first-order valence-electron chi connectivity index (χ1n) is 7.10. The van der Waals surface area contributed by atoms with Crippen LogP contribution in [0.25, 0.3) is 0 Å². The number of rotatable bonds is 6. The number of nitrogens with one attached hydrogen (secondary N) is 1. The first-order valence-corrected chi connectivity index (χ1v) is 7.89. The first kappa shape index (κ1) is 16.0. The van der Waals surface area contributed by atoms with Gasteiger partial charge in [-0.2, -0.15) is 0 Å². The first-order chi connectivity index (χ1) is 10.1. The predicted molar refractivity (Wildman–Crippen MR) is 90.6 cm³/mol. The van der Waals surface area contributed by atoms with Crippen molar-refractivity contribution >= 4 is 27.3 Å². The molecule has 0 aliphatic rings. The van der Waals surface area contributed by atoms with Crippen molar-refractivity contribution in [1.29, 1.82) is 0 Å². The molecule has 21 heavy (non-hydrogen) atoms. The summed E-state index contributed by atoms with van der Waals surface area (Å²) in [7, 11) is 1.96. The van der Waals surface area contributed by atoms with E-state index in [-0.39, 0.29) is 5.82 Å². The number of halogens is 2. The fourth-order valence-electron chi connectivity index (χ4n) is 2.22. The molecule has 0 amide bonds. The van der Waals surface area contributed by atoms with Crippen LogP contribution in [0.3, 0.4) is 0 Å². The molecule has 2 nitrogen and oxygen atoms in total. The molecule has 0 radical (unpaired) electrons. The molecule has 2 aromatic carbocycles. The van der Waals surface area contributed by atoms with Gasteiger partial charge >= 0.3 is 0 Å². The Morgan fingerprint density at radius 3 is 2.71 bits per heavy atom. The second-order valence-corrected chi connectivity index (χ2v) is 5.90. The molecule has 0 heterocycles. The van der Waals surface area contributed by atoms with Crippen molar-refractivity contribution in [3.05, 3.63) is 58.3 Å². The van der Waals surface area contributed by atoms with E-state index in [1.54, 1.807) is 12.1 Å². The fraction of sp³-hybridized carbons (Fsp3) is 0.294. The van der Waals surface area contributed by atoms with Crippen molar-refractivity contribution in [3.63, 3.8) is 0 Å². The van der Waals surface area contributed by atoms with Crippen molar-refractivity contribution in [3.8, 4) is 0 Å². The Hall–Kier alpha value is -1.39. The molecule has 0 bridgehead atoms. The van der Waals surface area contributed by atoms with Gasteiger partial charge in [-0.15, -0.1) is 0 Å². The van der Waals surface area contributed by atoms with Crippen LogP contribution in [0.15, 0.2) is 46.9 Å². The summed E-state index contributed by atoms with van der Waals surface area (Å²) in [6.07, 6.45) is 1.10. The van der Waals surface area contributed by atoms with Crippen LogP contribution in [0.4, 0.5) is 15.8 Å². The maximum Gasteiger partial charge on any atom is 0.125 e. The number of benzene rings is 2. The highest BCUT2D eigenvalue weighted by Gasteiger charge is 2.10. The lowest BCUT2D eigenvalue weighted by Crippen LogP contribution is -2.18. The van der Waals surface area contributed by atoms with Crippen LogP contribution in [0.1, 0.15) is 18.9 Å². The standard InChI is InChI=1S/C17H20BrFN2/c1-3-9-20-12-13-7-8-14(18)10-17(13)21(2)16-6-4-5-15(19)11-16/h4-8,10-11,20H,3,9,12H2,1-2H3. The van der Waals surface area contributed by atoms with Gasteiger partial charge in [0.05, 0.1) is 0 Å². The molecule has 0 saturated heterocycles. The maximum atomic E-state index is 13.4. The number of nitrogens with zero attached hydrogens (tertiary/aromatic N) is 1. The van der Waals surface area contributed by atoms with Gasteiger partial charge in [-0.25, -0.2) is 4.39 Å². The van der Waals surface area contributed by atoms with E-state index in [1.165, 1.54) is 11.6 Å². The Balaban J connectivity index is 2.30. The Morgan fingerprint density at radius 2 is 2.00 bits per heavy atom. The quantitative estimate of drug-likeness (QED) is 0.748. The van der Waals surface area contributed by atoms with Crippen molar-refractivity contribution in [2.75, 3.05) is 18.5 Å². The normalized spacial score (nSPS) is 10.7. The molecule has 0 fully saturated rings. The van der Waals surface area contributed by atoms with E-state index in [4.69, 9.17) is 0 Å². The Labute approximate surface area is 134 Å². The summed E-state index contributed by atoms with van der Waals surface area (Å²) < 4.78 is 14.4. The van der Waals surface area contributed by atoms with Crippen LogP contribution in [0.2, 0.25) is 0 Å². The molecule has 0 aliphatic heterocycles. The second-order valence-electron chi connectivity index (χ2n) is 4.99. The minimum absolute atomic E-state index is 0.222. The monoisotopic (exact) mass is 350 g/mol. The van der Waals surface area contributed by atoms with Crippen LogP contribution in [0.5, 0.6) is 0 Å². The molecule has 0 atom stereocenters. The Bertz CT molecular complexity index is 601. The van der Waals surface area contributed by atoms with Crippen LogP contribution in [-0.4, -0.2) is 13.6 Å². The third-order valence-electron chi connectivity index (χ3n) is 3.35. The van der Waals surface area contributed by atoms with E-state index >= 15 is 0 Å². The predicted octanol–water partition coefficient (Wildman–Crippen LogP) is 4.86. The van der Waals surface area contributed by atoms with E-state index in [0.29, 0.717) is 0 Å². The third kappa shape index (κ3) is 4.29. The van der Waals surface area contributed by atoms with Crippen molar-refractivity contribution in [2.45, 2.75) is 19.9 Å². The number of hydrogen-bond donors (Lipinski definition) is 1. The van der Waals surface area contributed by atoms with Gasteiger partial charge in [0.2, 0.25) is 0 Å². The Kier molecular flexibility index (Phi) is 5.76. The van der Waals surface area contributed by atoms with E-state index in [9.17, 15) is 4.39 Å². The average Bonchev–Trinajstić information content (AvgIpc) is 2.48. The summed E-state index contributed by atoms with van der Waals surface area (Å²) in [5.74, 6) is -0.222. The molecular formula is C17H20BrFN2. The maximum absolute atomic E-state index is 13.4. The number of hydrogen-bond acceptors (Lipinski definition) is 2. The zero-order valence-electron chi connectivity index (χ0n) is 12.4. The summed E-state index contributed by atoms with van der Waals surface area (Å²) >= 11 is 3.51. The average molecular weight is 351 g/mol. The van der Waals surface area contributed by atoms with Crippen molar-refractivity contribution < 1.29 is 4.39 Å². The summed E-state index contributed by atoms with van der Waals surface area (Å²) in [4.78, 5) is 2.01. The van der Waals surface area contributed by atoms with Gasteiger partial charge in [0, 0.05) is 29.4 Å². The number of anilines is 2. The van der Waals surface area contributed by atoms with Gasteiger partial charge in [-0.3, -0.25) is 0 Å². The van der Waals surface area contributed by atoms with Crippen LogP contribution in [-0.2, 0) is 6.54 Å². The molecule has 0 aliphatic carbocycles. The fourth-order valence-corrected chi connectivity index (χ4v) is 2.57. The highest BCUT2D eigenvalue weighted by Crippen LogP contribution is 2.30. The topological polar surface area (TPSA) is 15.3 Å². The van der Waals surface area contributed by atoms with Gasteiger partial charge < -0.3 is 10.2 Å². The van der Waals surface area contributed by atoms with Gasteiger partial charge in [0.25, 0.3) is 0 Å². The van der Waals surface area contributed by atoms with Gasteiger partial charge in [0.1, 0.15) is 5.82 Å². The smallest absolute Gasteiger partial charge is 0.125 e. The highest BCUT2D eigenvalue weighted by molar-refractivity contribution is 9.10. The largest absolute Gasteiger partial charge is 0.344 e. The van der Waals surface area contributed by atoms with Gasteiger partial charge in [0.15, 0.2) is 0 Å².